The van der Waals surface area contributed by atoms with E-state index >= 15 is 4.39 Å². The third-order valence-corrected chi connectivity index (χ3v) is 5.74. The second-order valence-electron chi connectivity index (χ2n) is 8.25. The second kappa shape index (κ2) is 10.9. The lowest BCUT2D eigenvalue weighted by molar-refractivity contribution is 0.476. The van der Waals surface area contributed by atoms with Crippen molar-refractivity contribution in [3.8, 4) is 17.0 Å². The number of pyridine rings is 1. The van der Waals surface area contributed by atoms with E-state index in [9.17, 15) is 9.50 Å². The molecule has 0 saturated carbocycles. The maximum absolute atomic E-state index is 15.8. The van der Waals surface area contributed by atoms with Gasteiger partial charge >= 0.3 is 0 Å². The third-order valence-electron chi connectivity index (χ3n) is 5.74. The quantitative estimate of drug-likeness (QED) is 0.330. The smallest absolute Gasteiger partial charge is 0.175 e. The summed E-state index contributed by atoms with van der Waals surface area (Å²) in [4.78, 5) is 12.3. The summed E-state index contributed by atoms with van der Waals surface area (Å²) in [6, 6.07) is 5.74. The zero-order valence-electron chi connectivity index (χ0n) is 20.6. The zero-order chi connectivity index (χ0) is 26.6. The van der Waals surface area contributed by atoms with Crippen molar-refractivity contribution in [3.05, 3.63) is 83.7 Å². The van der Waals surface area contributed by atoms with Crippen LogP contribution in [0.15, 0.2) is 71.0 Å². The van der Waals surface area contributed by atoms with Crippen LogP contribution in [0.2, 0.25) is 0 Å². The molecule has 0 aliphatic rings. The SMILES string of the molecule is C=Nc1c(C(=C)NC/C(N)=C/C(=NC)C(=C)C)cnc(-c2cc(O)cc3ccc(F)c(CC)c23)c1F. The van der Waals surface area contributed by atoms with E-state index in [-0.39, 0.29) is 34.8 Å². The number of fused-ring (bicyclic) bond motifs is 1. The van der Waals surface area contributed by atoms with Gasteiger partial charge in [-0.15, -0.1) is 0 Å². The minimum atomic E-state index is -0.769. The summed E-state index contributed by atoms with van der Waals surface area (Å²) < 4.78 is 30.4. The molecule has 0 aliphatic heterocycles. The first-order valence-electron chi connectivity index (χ1n) is 11.2. The highest BCUT2D eigenvalue weighted by Crippen LogP contribution is 2.39. The van der Waals surface area contributed by atoms with Crippen LogP contribution in [0.5, 0.6) is 5.75 Å². The second-order valence-corrected chi connectivity index (χ2v) is 8.25. The summed E-state index contributed by atoms with van der Waals surface area (Å²) in [6.07, 6.45) is 3.47. The van der Waals surface area contributed by atoms with Crippen LogP contribution in [0.4, 0.5) is 14.5 Å². The van der Waals surface area contributed by atoms with Gasteiger partial charge in [0.05, 0.1) is 12.3 Å². The van der Waals surface area contributed by atoms with E-state index < -0.39 is 11.6 Å². The van der Waals surface area contributed by atoms with Crippen LogP contribution in [0.3, 0.4) is 0 Å². The maximum Gasteiger partial charge on any atom is 0.175 e. The Morgan fingerprint density at radius 1 is 1.25 bits per heavy atom. The number of phenolic OH excluding ortho intramolecular Hbond substituents is 1. The van der Waals surface area contributed by atoms with Crippen LogP contribution >= 0.6 is 0 Å². The highest BCUT2D eigenvalue weighted by atomic mass is 19.1. The molecule has 0 saturated heterocycles. The number of phenols is 1. The van der Waals surface area contributed by atoms with Crippen molar-refractivity contribution in [3.63, 3.8) is 0 Å². The minimum Gasteiger partial charge on any atom is -0.508 e. The largest absolute Gasteiger partial charge is 0.508 e. The molecule has 0 radical (unpaired) electrons. The van der Waals surface area contributed by atoms with Gasteiger partial charge in [0.15, 0.2) is 5.82 Å². The molecular formula is C28H29F2N5O. The molecule has 186 valence electrons. The van der Waals surface area contributed by atoms with Gasteiger partial charge in [0.1, 0.15) is 22.9 Å². The Kier molecular flexibility index (Phi) is 7.99. The van der Waals surface area contributed by atoms with Crippen LogP contribution in [-0.4, -0.2) is 36.1 Å². The van der Waals surface area contributed by atoms with E-state index in [0.29, 0.717) is 39.9 Å². The number of nitrogens with two attached hydrogens (primary N) is 1. The maximum atomic E-state index is 15.8. The van der Waals surface area contributed by atoms with Gasteiger partial charge in [0, 0.05) is 35.8 Å². The molecule has 1 heterocycles. The number of aryl methyl sites for hydroxylation is 1. The van der Waals surface area contributed by atoms with Gasteiger partial charge in [0.2, 0.25) is 0 Å². The van der Waals surface area contributed by atoms with E-state index in [1.807, 2.05) is 6.92 Å². The van der Waals surface area contributed by atoms with Gasteiger partial charge in [0.25, 0.3) is 0 Å². The fraction of sp³-hybridized carbons (Fsp3) is 0.179. The fourth-order valence-electron chi connectivity index (χ4n) is 3.98. The highest BCUT2D eigenvalue weighted by molar-refractivity contribution is 6.07. The lowest BCUT2D eigenvalue weighted by Crippen LogP contribution is -2.20. The van der Waals surface area contributed by atoms with Crippen molar-refractivity contribution in [2.45, 2.75) is 20.3 Å². The van der Waals surface area contributed by atoms with E-state index in [0.717, 1.165) is 5.57 Å². The average Bonchev–Trinajstić information content (AvgIpc) is 2.85. The standard InChI is InChI=1S/C28H29F2N5O/c1-7-20-23(29)9-8-17-10-19(36)12-21(25(17)20)28-26(30)27(33-6)22(14-35-28)16(4)34-13-18(31)11-24(32-5)15(2)3/h8-12,14,34,36H,2,4,6-7,13,31H2,1,3,5H3/b18-11-,32-24?. The number of aliphatic imine (C=N–C) groups is 2. The van der Waals surface area contributed by atoms with Crippen LogP contribution in [0.25, 0.3) is 27.7 Å². The summed E-state index contributed by atoms with van der Waals surface area (Å²) >= 11 is 0. The summed E-state index contributed by atoms with van der Waals surface area (Å²) in [6.45, 7) is 15.2. The Morgan fingerprint density at radius 3 is 2.58 bits per heavy atom. The Morgan fingerprint density at radius 2 is 1.97 bits per heavy atom. The molecule has 0 spiro atoms. The van der Waals surface area contributed by atoms with Gasteiger partial charge in [-0.1, -0.05) is 26.1 Å². The first kappa shape index (κ1) is 26.3. The molecule has 4 N–H and O–H groups in total. The number of rotatable bonds is 9. The predicted molar refractivity (Wildman–Crippen MR) is 145 cm³/mol. The van der Waals surface area contributed by atoms with Crippen molar-refractivity contribution >= 4 is 34.6 Å². The molecule has 6 nitrogen and oxygen atoms in total. The molecule has 0 amide bonds. The lowest BCUT2D eigenvalue weighted by Gasteiger charge is -2.16. The Balaban J connectivity index is 2.05. The number of hydrogen-bond acceptors (Lipinski definition) is 6. The normalized spacial score (nSPS) is 12.0. The van der Waals surface area contributed by atoms with Crippen molar-refractivity contribution in [1.82, 2.24) is 10.3 Å². The first-order valence-corrected chi connectivity index (χ1v) is 11.2. The van der Waals surface area contributed by atoms with Crippen LogP contribution < -0.4 is 11.1 Å². The molecule has 3 aromatic rings. The molecule has 0 unspecified atom stereocenters. The van der Waals surface area contributed by atoms with Gasteiger partial charge in [-0.25, -0.2) is 8.78 Å². The van der Waals surface area contributed by atoms with E-state index in [4.69, 9.17) is 5.73 Å². The number of allylic oxidation sites excluding steroid dienone is 2. The number of benzene rings is 2. The number of nitrogens with zero attached hydrogens (tertiary/aromatic N) is 3. The molecule has 0 aliphatic carbocycles. The molecule has 36 heavy (non-hydrogen) atoms. The lowest BCUT2D eigenvalue weighted by atomic mass is 9.94. The number of nitrogens with one attached hydrogen (secondary N) is 1. The third kappa shape index (κ3) is 5.17. The highest BCUT2D eigenvalue weighted by Gasteiger charge is 2.21. The van der Waals surface area contributed by atoms with Crippen LogP contribution in [-0.2, 0) is 6.42 Å². The molecule has 0 fully saturated rings. The van der Waals surface area contributed by atoms with Crippen LogP contribution in [0.1, 0.15) is 25.0 Å². The Hall–Kier alpha value is -4.33. The number of aromatic nitrogens is 1. The Bertz CT molecular complexity index is 1440. The minimum absolute atomic E-state index is 0.0799. The summed E-state index contributed by atoms with van der Waals surface area (Å²) in [5.41, 5.74) is 9.09. The molecule has 8 heteroatoms. The molecule has 2 aromatic carbocycles. The van der Waals surface area contributed by atoms with Crippen molar-refractivity contribution in [1.29, 1.82) is 0 Å². The number of aromatic hydroxyl groups is 1. The summed E-state index contributed by atoms with van der Waals surface area (Å²) in [5.74, 6) is -1.28. The topological polar surface area (TPSA) is 95.9 Å². The van der Waals surface area contributed by atoms with Gasteiger partial charge < -0.3 is 16.2 Å². The monoisotopic (exact) mass is 489 g/mol. The van der Waals surface area contributed by atoms with E-state index in [2.05, 4.69) is 40.2 Å². The first-order chi connectivity index (χ1) is 17.1. The molecular weight excluding hydrogens is 460 g/mol. The van der Waals surface area contributed by atoms with Gasteiger partial charge in [-0.3, -0.25) is 15.0 Å². The average molecular weight is 490 g/mol. The van der Waals surface area contributed by atoms with Crippen molar-refractivity contribution < 1.29 is 13.9 Å². The van der Waals surface area contributed by atoms with Crippen molar-refractivity contribution in [2.75, 3.05) is 13.6 Å². The van der Waals surface area contributed by atoms with Gasteiger partial charge in [-0.2, -0.15) is 0 Å². The van der Waals surface area contributed by atoms with Gasteiger partial charge in [-0.05, 0) is 66.2 Å². The fourth-order valence-corrected chi connectivity index (χ4v) is 3.98. The Labute approximate surface area is 209 Å². The summed E-state index contributed by atoms with van der Waals surface area (Å²) in [5, 5.41) is 14.3. The molecule has 3 rings (SSSR count). The van der Waals surface area contributed by atoms with E-state index in [1.54, 1.807) is 20.0 Å². The molecule has 0 bridgehead atoms. The number of halogens is 2. The predicted octanol–water partition coefficient (Wildman–Crippen LogP) is 5.83. The van der Waals surface area contributed by atoms with E-state index in [1.165, 1.54) is 30.5 Å². The molecule has 1 aromatic heterocycles. The summed E-state index contributed by atoms with van der Waals surface area (Å²) in [7, 11) is 1.64. The zero-order valence-corrected chi connectivity index (χ0v) is 20.6. The van der Waals surface area contributed by atoms with Crippen molar-refractivity contribution in [2.24, 2.45) is 15.7 Å². The number of hydrogen-bond donors (Lipinski definition) is 3. The molecule has 0 atom stereocenters. The van der Waals surface area contributed by atoms with Crippen LogP contribution in [0, 0.1) is 11.6 Å².